The predicted molar refractivity (Wildman–Crippen MR) is 86.9 cm³/mol. The van der Waals surface area contributed by atoms with Crippen molar-refractivity contribution in [1.29, 1.82) is 0 Å². The van der Waals surface area contributed by atoms with Gasteiger partial charge in [-0.15, -0.1) is 0 Å². The molecule has 1 unspecified atom stereocenters. The van der Waals surface area contributed by atoms with Crippen molar-refractivity contribution in [2.45, 2.75) is 26.3 Å². The second-order valence-electron chi connectivity index (χ2n) is 5.98. The molecule has 4 nitrogen and oxygen atoms in total. The molecule has 6 heteroatoms. The summed E-state index contributed by atoms with van der Waals surface area (Å²) < 4.78 is 2.05. The highest BCUT2D eigenvalue weighted by atomic mass is 79.9. The fourth-order valence-electron chi connectivity index (χ4n) is 2.58. The van der Waals surface area contributed by atoms with Gasteiger partial charge in [0.25, 0.3) is 5.56 Å². The molecule has 1 aromatic carbocycles. The van der Waals surface area contributed by atoms with E-state index in [2.05, 4.69) is 20.9 Å². The molecule has 0 amide bonds. The highest BCUT2D eigenvalue weighted by molar-refractivity contribution is 9.10. The molecule has 1 aromatic heterocycles. The lowest BCUT2D eigenvalue weighted by Crippen LogP contribution is -2.36. The lowest BCUT2D eigenvalue weighted by molar-refractivity contribution is 0.514. The second-order valence-corrected chi connectivity index (χ2v) is 7.21. The number of nitrogens with one attached hydrogen (secondary N) is 1. The van der Waals surface area contributed by atoms with Gasteiger partial charge in [0.1, 0.15) is 5.15 Å². The van der Waals surface area contributed by atoms with E-state index in [4.69, 9.17) is 11.6 Å². The molecule has 0 spiro atoms. The summed E-state index contributed by atoms with van der Waals surface area (Å²) in [6.45, 7) is 4.08. The molecule has 1 aliphatic carbocycles. The van der Waals surface area contributed by atoms with E-state index in [-0.39, 0.29) is 22.2 Å². The molecule has 1 aliphatic rings. The van der Waals surface area contributed by atoms with Crippen molar-refractivity contribution in [3.05, 3.63) is 54.7 Å². The molecular formula is C15H14BrClN2O2. The van der Waals surface area contributed by atoms with Gasteiger partial charge in [-0.3, -0.25) is 14.3 Å². The van der Waals surface area contributed by atoms with Gasteiger partial charge in [-0.05, 0) is 17.9 Å². The maximum atomic E-state index is 12.8. The maximum absolute atomic E-state index is 12.8. The van der Waals surface area contributed by atoms with Crippen molar-refractivity contribution < 1.29 is 0 Å². The van der Waals surface area contributed by atoms with Gasteiger partial charge in [0.05, 0.1) is 5.56 Å². The number of aromatic amines is 1. The third-order valence-electron chi connectivity index (χ3n) is 4.00. The van der Waals surface area contributed by atoms with E-state index < -0.39 is 5.69 Å². The molecule has 0 aliphatic heterocycles. The van der Waals surface area contributed by atoms with Crippen molar-refractivity contribution in [3.8, 4) is 11.1 Å². The summed E-state index contributed by atoms with van der Waals surface area (Å²) in [5, 5.41) is 0.0756. The minimum atomic E-state index is -0.448. The van der Waals surface area contributed by atoms with Crippen molar-refractivity contribution in [3.63, 3.8) is 0 Å². The van der Waals surface area contributed by atoms with Crippen LogP contribution in [0.3, 0.4) is 0 Å². The summed E-state index contributed by atoms with van der Waals surface area (Å²) >= 11 is 9.54. The van der Waals surface area contributed by atoms with Gasteiger partial charge in [0.15, 0.2) is 0 Å². The summed E-state index contributed by atoms with van der Waals surface area (Å²) in [6.07, 6.45) is 0.813. The van der Waals surface area contributed by atoms with Gasteiger partial charge in [-0.25, -0.2) is 4.79 Å². The van der Waals surface area contributed by atoms with E-state index in [1.54, 1.807) is 6.07 Å². The lowest BCUT2D eigenvalue weighted by Gasteiger charge is -2.11. The van der Waals surface area contributed by atoms with Crippen LogP contribution in [0.2, 0.25) is 5.15 Å². The van der Waals surface area contributed by atoms with Gasteiger partial charge in [-0.2, -0.15) is 0 Å². The third-order valence-corrected chi connectivity index (χ3v) is 4.98. The van der Waals surface area contributed by atoms with E-state index in [0.29, 0.717) is 11.1 Å². The zero-order chi connectivity index (χ0) is 15.4. The Morgan fingerprint density at radius 2 is 1.95 bits per heavy atom. The first-order chi connectivity index (χ1) is 9.83. The molecule has 1 atom stereocenters. The van der Waals surface area contributed by atoms with Crippen LogP contribution in [0, 0.1) is 5.41 Å². The van der Waals surface area contributed by atoms with Crippen molar-refractivity contribution >= 4 is 27.5 Å². The zero-order valence-electron chi connectivity index (χ0n) is 11.6. The maximum Gasteiger partial charge on any atom is 0.329 e. The number of hydrogen-bond donors (Lipinski definition) is 1. The minimum Gasteiger partial charge on any atom is -0.297 e. The highest BCUT2D eigenvalue weighted by Gasteiger charge is 2.48. The van der Waals surface area contributed by atoms with Gasteiger partial charge in [0.2, 0.25) is 0 Å². The van der Waals surface area contributed by atoms with E-state index >= 15 is 0 Å². The molecule has 110 valence electrons. The number of halogens is 2. The van der Waals surface area contributed by atoms with Crippen LogP contribution in [0.4, 0.5) is 0 Å². The Balaban J connectivity index is 2.29. The average Bonchev–Trinajstić information content (AvgIpc) is 2.99. The number of H-pyrrole nitrogens is 1. The van der Waals surface area contributed by atoms with Crippen LogP contribution in [-0.4, -0.2) is 9.55 Å². The molecule has 0 bridgehead atoms. The molecule has 1 N–H and O–H groups in total. The summed E-state index contributed by atoms with van der Waals surface area (Å²) in [7, 11) is 0. The number of aromatic nitrogens is 2. The summed E-state index contributed by atoms with van der Waals surface area (Å²) in [5.41, 5.74) is 0.181. The van der Waals surface area contributed by atoms with Gasteiger partial charge in [-0.1, -0.05) is 59.6 Å². The van der Waals surface area contributed by atoms with Crippen LogP contribution in [0.5, 0.6) is 0 Å². The van der Waals surface area contributed by atoms with Crippen LogP contribution in [-0.2, 0) is 0 Å². The first kappa shape index (κ1) is 14.6. The minimum absolute atomic E-state index is 0.0319. The van der Waals surface area contributed by atoms with Gasteiger partial charge >= 0.3 is 5.69 Å². The molecule has 2 aromatic rings. The van der Waals surface area contributed by atoms with Crippen LogP contribution >= 0.6 is 27.5 Å². The molecular weight excluding hydrogens is 356 g/mol. The summed E-state index contributed by atoms with van der Waals surface area (Å²) in [5.74, 6) is 0. The Bertz CT molecular complexity index is 838. The SMILES string of the molecule is CC1(C)CC1n1c(=O)[nH]c(Cl)c(-c2ccccc2Br)c1=O. The molecule has 1 saturated carbocycles. The molecule has 3 rings (SSSR count). The predicted octanol–water partition coefficient (Wildman–Crippen LogP) is 3.59. The fraction of sp³-hybridized carbons (Fsp3) is 0.333. The van der Waals surface area contributed by atoms with Crippen LogP contribution in [0.25, 0.3) is 11.1 Å². The molecule has 0 saturated heterocycles. The second kappa shape index (κ2) is 4.85. The van der Waals surface area contributed by atoms with Crippen molar-refractivity contribution in [2.24, 2.45) is 5.41 Å². The normalized spacial score (nSPS) is 19.5. The summed E-state index contributed by atoms with van der Waals surface area (Å²) in [4.78, 5) is 27.5. The molecule has 1 fully saturated rings. The van der Waals surface area contributed by atoms with Crippen molar-refractivity contribution in [1.82, 2.24) is 9.55 Å². The fourth-order valence-corrected chi connectivity index (χ4v) is 3.33. The Morgan fingerprint density at radius 3 is 2.52 bits per heavy atom. The van der Waals surface area contributed by atoms with E-state index in [1.165, 1.54) is 4.57 Å². The number of nitrogens with zero attached hydrogens (tertiary/aromatic N) is 1. The Morgan fingerprint density at radius 1 is 1.33 bits per heavy atom. The summed E-state index contributed by atoms with van der Waals surface area (Å²) in [6, 6.07) is 7.24. The third kappa shape index (κ3) is 2.38. The monoisotopic (exact) mass is 368 g/mol. The first-order valence-corrected chi connectivity index (χ1v) is 7.79. The van der Waals surface area contributed by atoms with E-state index in [9.17, 15) is 9.59 Å². The van der Waals surface area contributed by atoms with E-state index in [0.717, 1.165) is 10.9 Å². The molecule has 21 heavy (non-hydrogen) atoms. The lowest BCUT2D eigenvalue weighted by atomic mass is 10.1. The standard InChI is InChI=1S/C15H14BrClN2O2/c1-15(2)7-10(15)19-13(20)11(12(17)18-14(19)21)8-5-3-4-6-9(8)16/h3-6,10H,7H2,1-2H3,(H,18,21). The number of hydrogen-bond acceptors (Lipinski definition) is 2. The highest BCUT2D eigenvalue weighted by Crippen LogP contribution is 2.54. The first-order valence-electron chi connectivity index (χ1n) is 6.62. The van der Waals surface area contributed by atoms with Crippen molar-refractivity contribution in [2.75, 3.05) is 0 Å². The van der Waals surface area contributed by atoms with Gasteiger partial charge < -0.3 is 0 Å². The Labute approximate surface area is 134 Å². The van der Waals surface area contributed by atoms with Crippen LogP contribution in [0.1, 0.15) is 26.3 Å². The molecule has 1 heterocycles. The Kier molecular flexibility index (Phi) is 3.37. The topological polar surface area (TPSA) is 54.9 Å². The van der Waals surface area contributed by atoms with Crippen LogP contribution < -0.4 is 11.2 Å². The number of benzene rings is 1. The van der Waals surface area contributed by atoms with Crippen LogP contribution in [0.15, 0.2) is 38.3 Å². The average molecular weight is 370 g/mol. The zero-order valence-corrected chi connectivity index (χ0v) is 14.0. The number of rotatable bonds is 2. The quantitative estimate of drug-likeness (QED) is 0.823. The van der Waals surface area contributed by atoms with Gasteiger partial charge in [0, 0.05) is 16.1 Å². The Hall–Kier alpha value is -1.33. The molecule has 0 radical (unpaired) electrons. The van der Waals surface area contributed by atoms with E-state index in [1.807, 2.05) is 32.0 Å². The smallest absolute Gasteiger partial charge is 0.297 e. The largest absolute Gasteiger partial charge is 0.329 e.